The van der Waals surface area contributed by atoms with Crippen LogP contribution in [0.3, 0.4) is 0 Å². The van der Waals surface area contributed by atoms with E-state index >= 15 is 0 Å². The maximum absolute atomic E-state index is 4.08. The molecule has 1 atom stereocenters. The van der Waals surface area contributed by atoms with Gasteiger partial charge in [0.15, 0.2) is 0 Å². The van der Waals surface area contributed by atoms with Crippen molar-refractivity contribution in [2.45, 2.75) is 39.5 Å². The van der Waals surface area contributed by atoms with E-state index in [0.717, 1.165) is 18.4 Å². The standard InChI is InChI=1S/C16H22/c1-6-13(4)10-14(5)16-9-7-8-15(11-16)12(2)3/h7-9,11,14H,2,4,6,10H2,1,3,5H3. The lowest BCUT2D eigenvalue weighted by Gasteiger charge is -2.14. The van der Waals surface area contributed by atoms with E-state index in [2.05, 4.69) is 58.2 Å². The van der Waals surface area contributed by atoms with E-state index in [-0.39, 0.29) is 0 Å². The maximum Gasteiger partial charge on any atom is -0.0153 e. The Labute approximate surface area is 99.7 Å². The van der Waals surface area contributed by atoms with E-state index in [9.17, 15) is 0 Å². The Balaban J connectivity index is 2.83. The normalized spacial score (nSPS) is 12.2. The van der Waals surface area contributed by atoms with Gasteiger partial charge in [0, 0.05) is 0 Å². The Bertz CT molecular complexity index is 385. The molecule has 0 bridgehead atoms. The highest BCUT2D eigenvalue weighted by Gasteiger charge is 2.07. The molecule has 0 heterocycles. The van der Waals surface area contributed by atoms with Crippen LogP contribution in [0, 0.1) is 0 Å². The van der Waals surface area contributed by atoms with Crippen LogP contribution in [0.25, 0.3) is 5.57 Å². The lowest BCUT2D eigenvalue weighted by atomic mass is 9.91. The molecule has 0 fully saturated rings. The summed E-state index contributed by atoms with van der Waals surface area (Å²) in [7, 11) is 0. The van der Waals surface area contributed by atoms with E-state index in [1.54, 1.807) is 0 Å². The van der Waals surface area contributed by atoms with Gasteiger partial charge in [-0.1, -0.05) is 62.4 Å². The molecule has 86 valence electrons. The van der Waals surface area contributed by atoms with E-state index < -0.39 is 0 Å². The van der Waals surface area contributed by atoms with Gasteiger partial charge in [-0.05, 0) is 36.8 Å². The van der Waals surface area contributed by atoms with Crippen molar-refractivity contribution >= 4 is 5.57 Å². The summed E-state index contributed by atoms with van der Waals surface area (Å²) in [5, 5.41) is 0. The van der Waals surface area contributed by atoms with Gasteiger partial charge in [0.2, 0.25) is 0 Å². The van der Waals surface area contributed by atoms with Gasteiger partial charge >= 0.3 is 0 Å². The van der Waals surface area contributed by atoms with Gasteiger partial charge in [0.25, 0.3) is 0 Å². The Morgan fingerprint density at radius 2 is 2.00 bits per heavy atom. The van der Waals surface area contributed by atoms with Crippen molar-refractivity contribution in [3.8, 4) is 0 Å². The van der Waals surface area contributed by atoms with Crippen LogP contribution in [0.2, 0.25) is 0 Å². The van der Waals surface area contributed by atoms with E-state index in [1.165, 1.54) is 16.7 Å². The summed E-state index contributed by atoms with van der Waals surface area (Å²) in [6.07, 6.45) is 2.15. The first-order valence-electron chi connectivity index (χ1n) is 5.97. The third-order valence-corrected chi connectivity index (χ3v) is 3.04. The molecule has 0 aliphatic rings. The highest BCUT2D eigenvalue weighted by molar-refractivity contribution is 5.61. The van der Waals surface area contributed by atoms with Gasteiger partial charge in [0.05, 0.1) is 0 Å². The molecule has 0 amide bonds. The summed E-state index contributed by atoms with van der Waals surface area (Å²) in [5.74, 6) is 0.548. The zero-order valence-electron chi connectivity index (χ0n) is 10.7. The predicted molar refractivity (Wildman–Crippen MR) is 73.6 cm³/mol. The quantitative estimate of drug-likeness (QED) is 0.592. The van der Waals surface area contributed by atoms with Crippen molar-refractivity contribution < 1.29 is 0 Å². The summed E-state index contributed by atoms with van der Waals surface area (Å²) in [5.41, 5.74) is 5.08. The zero-order chi connectivity index (χ0) is 12.1. The smallest absolute Gasteiger partial charge is 0.0153 e. The Morgan fingerprint density at radius 3 is 2.56 bits per heavy atom. The molecule has 1 unspecified atom stereocenters. The number of hydrogen-bond acceptors (Lipinski definition) is 0. The monoisotopic (exact) mass is 214 g/mol. The zero-order valence-corrected chi connectivity index (χ0v) is 10.7. The summed E-state index contributed by atoms with van der Waals surface area (Å²) in [4.78, 5) is 0. The molecule has 16 heavy (non-hydrogen) atoms. The number of hydrogen-bond donors (Lipinski definition) is 0. The Hall–Kier alpha value is -1.30. The second-order valence-electron chi connectivity index (χ2n) is 4.61. The third kappa shape index (κ3) is 3.37. The molecule has 1 rings (SSSR count). The second-order valence-corrected chi connectivity index (χ2v) is 4.61. The van der Waals surface area contributed by atoms with E-state index in [0.29, 0.717) is 5.92 Å². The molecule has 0 saturated heterocycles. The topological polar surface area (TPSA) is 0 Å². The third-order valence-electron chi connectivity index (χ3n) is 3.04. The van der Waals surface area contributed by atoms with Crippen molar-refractivity contribution in [2.24, 2.45) is 0 Å². The fourth-order valence-corrected chi connectivity index (χ4v) is 1.81. The van der Waals surface area contributed by atoms with Gasteiger partial charge in [-0.15, -0.1) is 0 Å². The first kappa shape index (κ1) is 12.8. The van der Waals surface area contributed by atoms with Gasteiger partial charge in [0.1, 0.15) is 0 Å². The molecule has 0 nitrogen and oxygen atoms in total. The molecule has 0 heteroatoms. The minimum absolute atomic E-state index is 0.548. The SMILES string of the molecule is C=C(CC)CC(C)c1cccc(C(=C)C)c1. The van der Waals surface area contributed by atoms with Crippen molar-refractivity contribution in [1.29, 1.82) is 0 Å². The number of benzene rings is 1. The molecule has 0 aromatic heterocycles. The van der Waals surface area contributed by atoms with Crippen LogP contribution in [-0.4, -0.2) is 0 Å². The van der Waals surface area contributed by atoms with Crippen LogP contribution in [0.1, 0.15) is 50.7 Å². The number of allylic oxidation sites excluding steroid dienone is 2. The van der Waals surface area contributed by atoms with Gasteiger partial charge in [-0.2, -0.15) is 0 Å². The summed E-state index contributed by atoms with van der Waals surface area (Å²) in [6.45, 7) is 14.5. The molecule has 0 aliphatic carbocycles. The highest BCUT2D eigenvalue weighted by atomic mass is 14.1. The Kier molecular flexibility index (Phi) is 4.54. The highest BCUT2D eigenvalue weighted by Crippen LogP contribution is 2.25. The van der Waals surface area contributed by atoms with Crippen molar-refractivity contribution in [1.82, 2.24) is 0 Å². The van der Waals surface area contributed by atoms with Crippen LogP contribution in [0.5, 0.6) is 0 Å². The minimum Gasteiger partial charge on any atom is -0.0999 e. The van der Waals surface area contributed by atoms with Crippen molar-refractivity contribution in [3.05, 3.63) is 54.1 Å². The fraction of sp³-hybridized carbons (Fsp3) is 0.375. The molecule has 0 aliphatic heterocycles. The molecular weight excluding hydrogens is 192 g/mol. The average molecular weight is 214 g/mol. The largest absolute Gasteiger partial charge is 0.0999 e. The molecule has 0 N–H and O–H groups in total. The summed E-state index contributed by atoms with van der Waals surface area (Å²) >= 11 is 0. The molecule has 1 aromatic carbocycles. The first-order chi connectivity index (χ1) is 7.54. The van der Waals surface area contributed by atoms with E-state index in [4.69, 9.17) is 0 Å². The molecule has 0 spiro atoms. The lowest BCUT2D eigenvalue weighted by Crippen LogP contribution is -1.96. The Morgan fingerprint density at radius 1 is 1.31 bits per heavy atom. The van der Waals surface area contributed by atoms with Crippen molar-refractivity contribution in [2.75, 3.05) is 0 Å². The molecular formula is C16H22. The molecule has 0 saturated carbocycles. The fourth-order valence-electron chi connectivity index (χ4n) is 1.81. The average Bonchev–Trinajstić information content (AvgIpc) is 2.28. The van der Waals surface area contributed by atoms with Crippen LogP contribution in [0.15, 0.2) is 43.0 Å². The second kappa shape index (κ2) is 5.69. The van der Waals surface area contributed by atoms with Gasteiger partial charge in [-0.25, -0.2) is 0 Å². The van der Waals surface area contributed by atoms with Crippen LogP contribution in [0.4, 0.5) is 0 Å². The minimum atomic E-state index is 0.548. The van der Waals surface area contributed by atoms with Gasteiger partial charge in [-0.3, -0.25) is 0 Å². The summed E-state index contributed by atoms with van der Waals surface area (Å²) in [6, 6.07) is 8.67. The van der Waals surface area contributed by atoms with Gasteiger partial charge < -0.3 is 0 Å². The van der Waals surface area contributed by atoms with E-state index in [1.807, 2.05) is 0 Å². The molecule has 1 aromatic rings. The lowest BCUT2D eigenvalue weighted by molar-refractivity contribution is 0.733. The van der Waals surface area contributed by atoms with Crippen LogP contribution in [-0.2, 0) is 0 Å². The predicted octanol–water partition coefficient (Wildman–Crippen LogP) is 5.18. The number of rotatable bonds is 5. The molecule has 0 radical (unpaired) electrons. The van der Waals surface area contributed by atoms with Crippen LogP contribution < -0.4 is 0 Å². The maximum atomic E-state index is 4.08. The van der Waals surface area contributed by atoms with Crippen molar-refractivity contribution in [3.63, 3.8) is 0 Å². The summed E-state index contributed by atoms with van der Waals surface area (Å²) < 4.78 is 0. The van der Waals surface area contributed by atoms with Crippen LogP contribution >= 0.6 is 0 Å². The first-order valence-corrected chi connectivity index (χ1v) is 5.97.